The molecule has 0 radical (unpaired) electrons. The molecule has 1 atom stereocenters. The second-order valence-electron chi connectivity index (χ2n) is 10.0. The second-order valence-corrected chi connectivity index (χ2v) is 12.4. The molecule has 0 saturated heterocycles. The van der Waals surface area contributed by atoms with Gasteiger partial charge in [-0.25, -0.2) is 8.42 Å². The number of halogens is 1. The summed E-state index contributed by atoms with van der Waals surface area (Å²) in [5, 5.41) is 3.75. The van der Waals surface area contributed by atoms with Gasteiger partial charge in [0.15, 0.2) is 0 Å². The van der Waals surface area contributed by atoms with E-state index in [0.29, 0.717) is 23.6 Å². The van der Waals surface area contributed by atoms with Gasteiger partial charge >= 0.3 is 0 Å². The van der Waals surface area contributed by atoms with Gasteiger partial charge in [-0.3, -0.25) is 13.9 Å². The largest absolute Gasteiger partial charge is 0.352 e. The van der Waals surface area contributed by atoms with Crippen LogP contribution in [0.4, 0.5) is 5.69 Å². The Morgan fingerprint density at radius 1 is 1.00 bits per heavy atom. The van der Waals surface area contributed by atoms with E-state index in [1.54, 1.807) is 29.2 Å². The summed E-state index contributed by atoms with van der Waals surface area (Å²) in [4.78, 5) is 28.5. The van der Waals surface area contributed by atoms with Gasteiger partial charge in [0.05, 0.1) is 11.9 Å². The van der Waals surface area contributed by atoms with Crippen molar-refractivity contribution >= 4 is 39.1 Å². The number of aryl methyl sites for hydroxylation is 1. The Kier molecular flexibility index (Phi) is 11.0. The number of sulfonamides is 1. The summed E-state index contributed by atoms with van der Waals surface area (Å²) in [7, 11) is -3.52. The van der Waals surface area contributed by atoms with Crippen molar-refractivity contribution < 1.29 is 18.0 Å². The van der Waals surface area contributed by atoms with Crippen LogP contribution in [-0.4, -0.2) is 50.0 Å². The minimum Gasteiger partial charge on any atom is -0.352 e. The summed E-state index contributed by atoms with van der Waals surface area (Å²) in [5.74, 6) is -0.307. The molecular weight excluding hydrogens is 522 g/mol. The summed E-state index contributed by atoms with van der Waals surface area (Å²) in [6.45, 7) is 4.41. The summed E-state index contributed by atoms with van der Waals surface area (Å²) in [5.41, 5.74) is 2.58. The van der Waals surface area contributed by atoms with Gasteiger partial charge in [-0.2, -0.15) is 0 Å². The van der Waals surface area contributed by atoms with Gasteiger partial charge in [0.2, 0.25) is 21.8 Å². The average molecular weight is 562 g/mol. The zero-order chi connectivity index (χ0) is 27.7. The molecule has 3 rings (SSSR count). The zero-order valence-electron chi connectivity index (χ0n) is 22.7. The Labute approximate surface area is 232 Å². The Hall–Kier alpha value is -2.58. The summed E-state index contributed by atoms with van der Waals surface area (Å²) in [6.07, 6.45) is 7.12. The Bertz CT molecular complexity index is 1160. The maximum absolute atomic E-state index is 13.6. The molecule has 0 aromatic heterocycles. The summed E-state index contributed by atoms with van der Waals surface area (Å²) >= 11 is 6.05. The summed E-state index contributed by atoms with van der Waals surface area (Å²) in [6, 6.07) is 14.2. The minimum atomic E-state index is -3.52. The second kappa shape index (κ2) is 14.0. The number of nitrogens with zero attached hydrogens (tertiary/aromatic N) is 2. The van der Waals surface area contributed by atoms with Gasteiger partial charge < -0.3 is 10.2 Å². The number of anilines is 1. The van der Waals surface area contributed by atoms with E-state index in [1.807, 2.05) is 38.1 Å². The van der Waals surface area contributed by atoms with Crippen LogP contribution in [0.5, 0.6) is 0 Å². The highest BCUT2D eigenvalue weighted by atomic mass is 35.5. The summed E-state index contributed by atoms with van der Waals surface area (Å²) < 4.78 is 26.4. The van der Waals surface area contributed by atoms with E-state index >= 15 is 0 Å². The van der Waals surface area contributed by atoms with Crippen molar-refractivity contribution in [1.29, 1.82) is 0 Å². The van der Waals surface area contributed by atoms with Crippen molar-refractivity contribution in [2.45, 2.75) is 83.8 Å². The molecule has 1 N–H and O–H groups in total. The van der Waals surface area contributed by atoms with Crippen LogP contribution < -0.4 is 9.62 Å². The molecule has 0 aliphatic heterocycles. The lowest BCUT2D eigenvalue weighted by Crippen LogP contribution is -2.51. The first-order chi connectivity index (χ1) is 18.1. The van der Waals surface area contributed by atoms with Crippen LogP contribution in [0.15, 0.2) is 48.5 Å². The fourth-order valence-electron chi connectivity index (χ4n) is 4.98. The molecule has 1 aliphatic carbocycles. The van der Waals surface area contributed by atoms with Crippen LogP contribution in [0.25, 0.3) is 0 Å². The number of rotatable bonds is 13. The maximum atomic E-state index is 13.6. The van der Waals surface area contributed by atoms with Crippen LogP contribution in [0.2, 0.25) is 5.02 Å². The van der Waals surface area contributed by atoms with Gasteiger partial charge in [0.25, 0.3) is 0 Å². The van der Waals surface area contributed by atoms with Gasteiger partial charge in [-0.1, -0.05) is 62.6 Å². The van der Waals surface area contributed by atoms with Gasteiger partial charge in [0, 0.05) is 30.6 Å². The number of carbonyl (C=O) groups excluding carboxylic acids is 2. The molecule has 7 nitrogen and oxygen atoms in total. The molecule has 2 aromatic carbocycles. The third-order valence-electron chi connectivity index (χ3n) is 7.14. The number of hydrogen-bond donors (Lipinski definition) is 1. The van der Waals surface area contributed by atoms with Crippen molar-refractivity contribution in [2.24, 2.45) is 0 Å². The van der Waals surface area contributed by atoms with Crippen molar-refractivity contribution in [3.05, 3.63) is 64.7 Å². The van der Waals surface area contributed by atoms with Crippen LogP contribution in [-0.2, 0) is 32.6 Å². The van der Waals surface area contributed by atoms with Crippen LogP contribution in [0.3, 0.4) is 0 Å². The van der Waals surface area contributed by atoms with Crippen LogP contribution in [0, 0.1) is 0 Å². The molecule has 1 saturated carbocycles. The van der Waals surface area contributed by atoms with Gasteiger partial charge in [0.1, 0.15) is 6.04 Å². The molecule has 2 aromatic rings. The number of amides is 2. The van der Waals surface area contributed by atoms with E-state index in [2.05, 4.69) is 5.32 Å². The van der Waals surface area contributed by atoms with E-state index < -0.39 is 16.1 Å². The molecule has 9 heteroatoms. The van der Waals surface area contributed by atoms with E-state index in [9.17, 15) is 18.0 Å². The first-order valence-corrected chi connectivity index (χ1v) is 15.8. The smallest absolute Gasteiger partial charge is 0.243 e. The Morgan fingerprint density at radius 2 is 1.61 bits per heavy atom. The third-order valence-corrected chi connectivity index (χ3v) is 8.58. The normalized spacial score (nSPS) is 14.7. The van der Waals surface area contributed by atoms with Crippen molar-refractivity contribution in [3.8, 4) is 0 Å². The van der Waals surface area contributed by atoms with Crippen molar-refractivity contribution in [2.75, 3.05) is 17.1 Å². The first-order valence-electron chi connectivity index (χ1n) is 13.5. The van der Waals surface area contributed by atoms with Crippen molar-refractivity contribution in [1.82, 2.24) is 10.2 Å². The zero-order valence-corrected chi connectivity index (χ0v) is 24.2. The Balaban J connectivity index is 1.74. The van der Waals surface area contributed by atoms with Crippen LogP contribution in [0.1, 0.15) is 69.9 Å². The number of hydrogen-bond acceptors (Lipinski definition) is 4. The fourth-order valence-corrected chi connectivity index (χ4v) is 6.07. The molecule has 1 aliphatic rings. The molecule has 0 heterocycles. The Morgan fingerprint density at radius 3 is 2.16 bits per heavy atom. The predicted octanol–water partition coefficient (Wildman–Crippen LogP) is 5.31. The van der Waals surface area contributed by atoms with Gasteiger partial charge in [-0.05, 0) is 67.5 Å². The highest BCUT2D eigenvalue weighted by molar-refractivity contribution is 7.92. The topological polar surface area (TPSA) is 86.8 Å². The van der Waals surface area contributed by atoms with E-state index in [-0.39, 0.29) is 37.4 Å². The molecule has 38 heavy (non-hydrogen) atoms. The monoisotopic (exact) mass is 561 g/mol. The molecule has 0 spiro atoms. The average Bonchev–Trinajstić information content (AvgIpc) is 3.40. The number of nitrogens with one attached hydrogen (secondary N) is 1. The lowest BCUT2D eigenvalue weighted by molar-refractivity contribution is -0.141. The van der Waals surface area contributed by atoms with E-state index in [0.717, 1.165) is 43.2 Å². The number of benzene rings is 2. The quantitative estimate of drug-likeness (QED) is 0.359. The molecule has 1 unspecified atom stereocenters. The van der Waals surface area contributed by atoms with Gasteiger partial charge in [-0.15, -0.1) is 0 Å². The first kappa shape index (κ1) is 30.0. The lowest BCUT2D eigenvalue weighted by Gasteiger charge is -2.32. The third kappa shape index (κ3) is 8.46. The van der Waals surface area contributed by atoms with Crippen LogP contribution >= 0.6 is 11.6 Å². The fraction of sp³-hybridized carbons (Fsp3) is 0.517. The number of carbonyl (C=O) groups is 2. The maximum Gasteiger partial charge on any atom is 0.243 e. The predicted molar refractivity (Wildman–Crippen MR) is 154 cm³/mol. The van der Waals surface area contributed by atoms with E-state index in [4.69, 9.17) is 11.6 Å². The minimum absolute atomic E-state index is 0.125. The lowest BCUT2D eigenvalue weighted by atomic mass is 10.1. The molecule has 0 bridgehead atoms. The highest BCUT2D eigenvalue weighted by Gasteiger charge is 2.30. The molecule has 208 valence electrons. The molecule has 2 amide bonds. The van der Waals surface area contributed by atoms with Crippen molar-refractivity contribution in [3.63, 3.8) is 0 Å². The molecule has 1 fully saturated rings. The van der Waals surface area contributed by atoms with E-state index in [1.165, 1.54) is 10.6 Å². The molecular formula is C29H40ClN3O4S. The highest BCUT2D eigenvalue weighted by Crippen LogP contribution is 2.22. The SMILES string of the molecule is CCc1ccc(N(CCCC(=O)N(Cc2ccc(Cl)cc2)C(CC)C(=O)NC2CCCC2)S(C)(=O)=O)cc1. The standard InChI is InChI=1S/C29H40ClN3O4S/c1-4-22-14-18-26(19-15-22)33(38(3,36)37)20-8-11-28(34)32(21-23-12-16-24(30)17-13-23)27(5-2)29(35)31-25-9-6-7-10-25/h12-19,25,27H,4-11,20-21H2,1-3H3,(H,31,35).